The number of unbranched alkanes of at least 4 members (excludes halogenated alkanes) is 4. The molecule has 0 aliphatic carbocycles. The molecule has 0 fully saturated rings. The van der Waals surface area contributed by atoms with Crippen LogP contribution in [0.2, 0.25) is 0 Å². The van der Waals surface area contributed by atoms with Gasteiger partial charge in [-0.05, 0) is 53.1 Å². The minimum absolute atomic E-state index is 0.000484. The summed E-state index contributed by atoms with van der Waals surface area (Å²) in [7, 11) is -0.545. The van der Waals surface area contributed by atoms with Gasteiger partial charge in [-0.2, -0.15) is 0 Å². The number of benzene rings is 2. The van der Waals surface area contributed by atoms with Crippen LogP contribution in [0.1, 0.15) is 107 Å². The number of rotatable bonds is 14. The molecule has 39 heavy (non-hydrogen) atoms. The summed E-state index contributed by atoms with van der Waals surface area (Å²) in [5.74, 6) is -0.351. The molecule has 0 radical (unpaired) electrons. The van der Waals surface area contributed by atoms with E-state index in [0.717, 1.165) is 43.2 Å². The predicted octanol–water partition coefficient (Wildman–Crippen LogP) is 7.05. The highest BCUT2D eigenvalue weighted by Crippen LogP contribution is 2.36. The van der Waals surface area contributed by atoms with Gasteiger partial charge >= 0.3 is 5.97 Å². The Morgan fingerprint density at radius 2 is 1.64 bits per heavy atom. The number of carbonyl (C=O) groups excluding carboxylic acids is 2. The highest BCUT2D eigenvalue weighted by molar-refractivity contribution is 7.91. The summed E-state index contributed by atoms with van der Waals surface area (Å²) in [4.78, 5) is 25.9. The second-order valence-corrected chi connectivity index (χ2v) is 13.2. The second kappa shape index (κ2) is 14.5. The Labute approximate surface area is 234 Å². The number of carbonyl (C=O) groups is 2. The fourth-order valence-electron chi connectivity index (χ4n) is 4.72. The highest BCUT2D eigenvalue weighted by Gasteiger charge is 2.25. The molecule has 216 valence electrons. The number of amides is 1. The molecule has 2 aromatic carbocycles. The van der Waals surface area contributed by atoms with E-state index in [2.05, 4.69) is 12.2 Å². The topological polar surface area (TPSA) is 98.8 Å². The third kappa shape index (κ3) is 9.09. The minimum atomic E-state index is -3.39. The van der Waals surface area contributed by atoms with Gasteiger partial charge in [0.15, 0.2) is 9.84 Å². The third-order valence-corrected chi connectivity index (χ3v) is 8.73. The molecule has 0 aliphatic rings. The van der Waals surface area contributed by atoms with E-state index < -0.39 is 15.8 Å². The van der Waals surface area contributed by atoms with E-state index in [1.165, 1.54) is 20.6 Å². The molecule has 1 N–H and O–H groups in total. The van der Waals surface area contributed by atoms with Gasteiger partial charge in [0.25, 0.3) is 0 Å². The molecule has 0 aromatic heterocycles. The Kier molecular flexibility index (Phi) is 12.0. The highest BCUT2D eigenvalue weighted by atomic mass is 32.2. The van der Waals surface area contributed by atoms with E-state index in [1.807, 2.05) is 26.8 Å². The number of sulfone groups is 1. The van der Waals surface area contributed by atoms with Gasteiger partial charge in [-0.3, -0.25) is 4.79 Å². The lowest BCUT2D eigenvalue weighted by atomic mass is 9.85. The molecule has 2 rings (SSSR count). The summed E-state index contributed by atoms with van der Waals surface area (Å²) >= 11 is 0. The molecule has 2 aromatic rings. The summed E-state index contributed by atoms with van der Waals surface area (Å²) in [6.45, 7) is 9.92. The van der Waals surface area contributed by atoms with Gasteiger partial charge in [0.05, 0.1) is 30.4 Å². The van der Waals surface area contributed by atoms with Gasteiger partial charge in [0.1, 0.15) is 5.75 Å². The van der Waals surface area contributed by atoms with E-state index >= 15 is 0 Å². The van der Waals surface area contributed by atoms with Crippen LogP contribution >= 0.6 is 0 Å². The normalized spacial score (nSPS) is 12.6. The van der Waals surface area contributed by atoms with Crippen molar-refractivity contribution in [2.75, 3.05) is 25.3 Å². The molecular formula is C31H45NO6S. The summed E-state index contributed by atoms with van der Waals surface area (Å²) < 4.78 is 35.4. The molecule has 0 spiro atoms. The van der Waals surface area contributed by atoms with Crippen LogP contribution in [-0.4, -0.2) is 40.3 Å². The van der Waals surface area contributed by atoms with Crippen molar-refractivity contribution >= 4 is 27.4 Å². The number of anilines is 1. The lowest BCUT2D eigenvalue weighted by Crippen LogP contribution is -2.21. The first-order chi connectivity index (χ1) is 18.4. The summed E-state index contributed by atoms with van der Waals surface area (Å²) in [6, 6.07) is 10.2. The average Bonchev–Trinajstić information content (AvgIpc) is 2.90. The number of ether oxygens (including phenoxy) is 2. The largest absolute Gasteiger partial charge is 0.496 e. The maximum absolute atomic E-state index is 13.5. The van der Waals surface area contributed by atoms with Crippen LogP contribution in [-0.2, 0) is 24.8 Å². The molecule has 1 atom stereocenters. The van der Waals surface area contributed by atoms with Gasteiger partial charge in [-0.15, -0.1) is 0 Å². The van der Waals surface area contributed by atoms with Crippen LogP contribution in [0.5, 0.6) is 5.75 Å². The van der Waals surface area contributed by atoms with E-state index in [0.29, 0.717) is 17.0 Å². The number of hydrogen-bond donors (Lipinski definition) is 1. The fraction of sp³-hybridized carbons (Fsp3) is 0.548. The molecule has 8 heteroatoms. The summed E-state index contributed by atoms with van der Waals surface area (Å²) in [5, 5.41) is 3.05. The number of nitrogens with one attached hydrogen (secondary N) is 1. The van der Waals surface area contributed by atoms with Crippen LogP contribution in [0, 0.1) is 0 Å². The van der Waals surface area contributed by atoms with Gasteiger partial charge in [0, 0.05) is 12.1 Å². The molecule has 0 aliphatic heterocycles. The predicted molar refractivity (Wildman–Crippen MR) is 157 cm³/mol. The average molecular weight is 560 g/mol. The Morgan fingerprint density at radius 3 is 2.23 bits per heavy atom. The van der Waals surface area contributed by atoms with E-state index in [9.17, 15) is 18.0 Å². The van der Waals surface area contributed by atoms with Crippen LogP contribution < -0.4 is 10.1 Å². The molecule has 0 heterocycles. The zero-order valence-electron chi connectivity index (χ0n) is 24.6. The van der Waals surface area contributed by atoms with Crippen LogP contribution in [0.25, 0.3) is 0 Å². The number of hydrogen-bond acceptors (Lipinski definition) is 6. The zero-order valence-corrected chi connectivity index (χ0v) is 25.4. The number of esters is 1. The van der Waals surface area contributed by atoms with Gasteiger partial charge in [0.2, 0.25) is 5.91 Å². The lowest BCUT2D eigenvalue weighted by molar-refractivity contribution is -0.116. The van der Waals surface area contributed by atoms with Gasteiger partial charge in [-0.25, -0.2) is 13.2 Å². The van der Waals surface area contributed by atoms with Crippen LogP contribution in [0.4, 0.5) is 5.69 Å². The van der Waals surface area contributed by atoms with Crippen molar-refractivity contribution in [2.45, 2.75) is 95.8 Å². The van der Waals surface area contributed by atoms with Crippen molar-refractivity contribution < 1.29 is 27.5 Å². The van der Waals surface area contributed by atoms with Gasteiger partial charge < -0.3 is 14.8 Å². The van der Waals surface area contributed by atoms with Crippen LogP contribution in [0.3, 0.4) is 0 Å². The first-order valence-electron chi connectivity index (χ1n) is 13.8. The summed E-state index contributed by atoms with van der Waals surface area (Å²) in [5.41, 5.74) is 2.40. The molecule has 1 unspecified atom stereocenters. The van der Waals surface area contributed by atoms with Crippen molar-refractivity contribution in [2.24, 2.45) is 0 Å². The fourth-order valence-corrected chi connectivity index (χ4v) is 5.62. The number of methoxy groups -OCH3 is 2. The minimum Gasteiger partial charge on any atom is -0.496 e. The first-order valence-corrected chi connectivity index (χ1v) is 15.5. The maximum Gasteiger partial charge on any atom is 0.337 e. The Hall–Kier alpha value is -2.87. The van der Waals surface area contributed by atoms with Crippen molar-refractivity contribution in [1.82, 2.24) is 0 Å². The standard InChI is InChI=1S/C31H45NO6S/c1-8-10-11-12-13-14-22(25-17-16-24(21-28(25)37-6)39(35,36)9-2)20-29(33)32-27-19-23(30(34)38-7)15-18-26(27)31(3,4)5/h15-19,21-22H,8-14,20H2,1-7H3,(H,32,33). The smallest absolute Gasteiger partial charge is 0.337 e. The van der Waals surface area contributed by atoms with Crippen molar-refractivity contribution in [3.63, 3.8) is 0 Å². The lowest BCUT2D eigenvalue weighted by Gasteiger charge is -2.25. The molecule has 0 saturated heterocycles. The van der Waals surface area contributed by atoms with E-state index in [4.69, 9.17) is 9.47 Å². The quantitative estimate of drug-likeness (QED) is 0.197. The Balaban J connectivity index is 2.40. The zero-order chi connectivity index (χ0) is 29.2. The van der Waals surface area contributed by atoms with Crippen molar-refractivity contribution in [1.29, 1.82) is 0 Å². The third-order valence-electron chi connectivity index (χ3n) is 6.99. The molecule has 0 saturated carbocycles. The van der Waals surface area contributed by atoms with Crippen LogP contribution in [0.15, 0.2) is 41.3 Å². The maximum atomic E-state index is 13.5. The van der Waals surface area contributed by atoms with Gasteiger partial charge in [-0.1, -0.05) is 78.9 Å². The van der Waals surface area contributed by atoms with E-state index in [1.54, 1.807) is 37.3 Å². The molecular weight excluding hydrogens is 514 g/mol. The van der Waals surface area contributed by atoms with Crippen molar-refractivity contribution in [3.8, 4) is 5.75 Å². The van der Waals surface area contributed by atoms with E-state index in [-0.39, 0.29) is 34.3 Å². The Bertz CT molecular complexity index is 1230. The second-order valence-electron chi connectivity index (χ2n) is 11.0. The summed E-state index contributed by atoms with van der Waals surface area (Å²) in [6.07, 6.45) is 6.41. The van der Waals surface area contributed by atoms with Crippen molar-refractivity contribution in [3.05, 3.63) is 53.1 Å². The molecule has 0 bridgehead atoms. The SMILES string of the molecule is CCCCCCCC(CC(=O)Nc1cc(C(=O)OC)ccc1C(C)(C)C)c1ccc(S(=O)(=O)CC)cc1OC. The Morgan fingerprint density at radius 1 is 0.949 bits per heavy atom. The first kappa shape index (κ1) is 32.3. The molecule has 1 amide bonds. The monoisotopic (exact) mass is 559 g/mol. The molecule has 7 nitrogen and oxygen atoms in total.